The molecule has 0 spiro atoms. The van der Waals surface area contributed by atoms with Gasteiger partial charge in [-0.15, -0.1) is 11.3 Å². The van der Waals surface area contributed by atoms with Crippen LogP contribution in [0.15, 0.2) is 140 Å². The Balaban J connectivity index is 1.34. The first-order valence-electron chi connectivity index (χ1n) is 17.3. The fourth-order valence-corrected chi connectivity index (χ4v) is 10.1. The Labute approximate surface area is 295 Å². The number of benzene rings is 7. The Morgan fingerprint density at radius 2 is 1.40 bits per heavy atom. The van der Waals surface area contributed by atoms with Gasteiger partial charge >= 0.3 is 6.85 Å². The van der Waals surface area contributed by atoms with Crippen LogP contribution in [0.25, 0.3) is 70.6 Å². The highest BCUT2D eigenvalue weighted by atomic mass is 32.1. The first-order chi connectivity index (χ1) is 24.6. The van der Waals surface area contributed by atoms with Gasteiger partial charge in [0.05, 0.1) is 16.7 Å². The molecule has 4 heterocycles. The lowest BCUT2D eigenvalue weighted by Crippen LogP contribution is -2.59. The molecule has 2 aliphatic rings. The predicted molar refractivity (Wildman–Crippen MR) is 217 cm³/mol. The molecule has 5 heteroatoms. The van der Waals surface area contributed by atoms with Crippen LogP contribution in [0.3, 0.4) is 0 Å². The number of hydrogen-bond acceptors (Lipinski definition) is 3. The van der Waals surface area contributed by atoms with Crippen LogP contribution >= 0.6 is 11.3 Å². The quantitative estimate of drug-likeness (QED) is 0.175. The highest BCUT2D eigenvalue weighted by Gasteiger charge is 2.46. The molecule has 0 atom stereocenters. The van der Waals surface area contributed by atoms with Crippen LogP contribution in [-0.4, -0.2) is 25.5 Å². The molecule has 0 N–H and O–H groups in total. The molecule has 3 nitrogen and oxygen atoms in total. The topological polar surface area (TPSA) is 11.4 Å². The maximum Gasteiger partial charge on any atom is 0.343 e. The minimum atomic E-state index is 0.0175. The Hall–Kier alpha value is -5.78. The monoisotopic (exact) mass is 657 g/mol. The Kier molecular flexibility index (Phi) is 5.69. The van der Waals surface area contributed by atoms with E-state index >= 15 is 0 Å². The van der Waals surface area contributed by atoms with Gasteiger partial charge in [-0.1, -0.05) is 97.1 Å². The smallest absolute Gasteiger partial charge is 0.343 e. The van der Waals surface area contributed by atoms with Gasteiger partial charge in [-0.25, -0.2) is 0 Å². The molecule has 9 aromatic rings. The van der Waals surface area contributed by atoms with E-state index in [0.29, 0.717) is 0 Å². The van der Waals surface area contributed by atoms with Crippen molar-refractivity contribution in [3.05, 3.63) is 145 Å². The van der Waals surface area contributed by atoms with Crippen molar-refractivity contribution in [2.24, 2.45) is 0 Å². The van der Waals surface area contributed by atoms with Gasteiger partial charge in [0.2, 0.25) is 0 Å². The predicted octanol–water partition coefficient (Wildman–Crippen LogP) is 10.4. The van der Waals surface area contributed by atoms with Crippen LogP contribution < -0.4 is 20.0 Å². The van der Waals surface area contributed by atoms with E-state index in [-0.39, 0.29) is 6.85 Å². The van der Waals surface area contributed by atoms with Crippen LogP contribution in [0.2, 0.25) is 0 Å². The summed E-state index contributed by atoms with van der Waals surface area (Å²) >= 11 is 1.96. The molecule has 0 fully saturated rings. The van der Waals surface area contributed by atoms with E-state index in [1.807, 2.05) is 11.3 Å². The second-order valence-electron chi connectivity index (χ2n) is 14.0. The summed E-state index contributed by atoms with van der Waals surface area (Å²) in [6, 6.07) is 52.1. The molecule has 0 saturated carbocycles. The first-order valence-corrected chi connectivity index (χ1v) is 18.2. The molecule has 11 rings (SSSR count). The molecule has 0 saturated heterocycles. The number of aryl methyl sites for hydroxylation is 1. The van der Waals surface area contributed by atoms with E-state index in [4.69, 9.17) is 0 Å². The lowest BCUT2D eigenvalue weighted by Gasteiger charge is -2.41. The van der Waals surface area contributed by atoms with Gasteiger partial charge in [-0.05, 0) is 82.5 Å². The van der Waals surface area contributed by atoms with Gasteiger partial charge in [-0.3, -0.25) is 0 Å². The van der Waals surface area contributed by atoms with Crippen LogP contribution in [0.4, 0.5) is 17.1 Å². The number of rotatable bonds is 3. The number of fused-ring (bicyclic) bond motifs is 12. The Morgan fingerprint density at radius 1 is 0.620 bits per heavy atom. The molecule has 50 heavy (non-hydrogen) atoms. The number of para-hydroxylation sites is 1. The van der Waals surface area contributed by atoms with E-state index in [2.05, 4.69) is 175 Å². The van der Waals surface area contributed by atoms with Crippen molar-refractivity contribution in [1.29, 1.82) is 0 Å². The maximum absolute atomic E-state index is 2.67. The van der Waals surface area contributed by atoms with E-state index in [0.717, 1.165) is 0 Å². The van der Waals surface area contributed by atoms with Crippen molar-refractivity contribution in [3.8, 4) is 27.9 Å². The average Bonchev–Trinajstić information content (AvgIpc) is 3.71. The highest BCUT2D eigenvalue weighted by Crippen LogP contribution is 2.49. The van der Waals surface area contributed by atoms with Gasteiger partial charge < -0.3 is 14.3 Å². The molecular weight excluding hydrogens is 625 g/mol. The molecular formula is C45H32BN3S. The number of aromatic nitrogens is 1. The van der Waals surface area contributed by atoms with Gasteiger partial charge in [-0.2, -0.15) is 0 Å². The van der Waals surface area contributed by atoms with Crippen molar-refractivity contribution in [2.75, 3.05) is 23.8 Å². The third-order valence-electron chi connectivity index (χ3n) is 11.1. The Bertz CT molecular complexity index is 2860. The van der Waals surface area contributed by atoms with E-state index < -0.39 is 0 Å². The molecule has 7 aromatic carbocycles. The number of nitrogens with zero attached hydrogens (tertiary/aromatic N) is 3. The molecule has 2 aliphatic heterocycles. The second kappa shape index (κ2) is 10.1. The lowest BCUT2D eigenvalue weighted by atomic mass is 9.47. The van der Waals surface area contributed by atoms with Crippen LogP contribution in [0.1, 0.15) is 5.56 Å². The van der Waals surface area contributed by atoms with E-state index in [9.17, 15) is 0 Å². The van der Waals surface area contributed by atoms with Crippen LogP contribution in [-0.2, 0) is 0 Å². The summed E-state index contributed by atoms with van der Waals surface area (Å²) in [5, 5.41) is 6.57. The second-order valence-corrected chi connectivity index (χ2v) is 15.1. The molecule has 236 valence electrons. The van der Waals surface area contributed by atoms with Crippen molar-refractivity contribution >= 4 is 88.2 Å². The SMILES string of the molecule is Cc1cc2c3c4c1c1ccc5ccccc5c1n4-c1c(sc4ccc(-c5ccccc5)cc14)B3N(c1ccc(N(C)C)cc1)c1ccccc1-2. The van der Waals surface area contributed by atoms with Gasteiger partial charge in [0, 0.05) is 67.7 Å². The fraction of sp³-hybridized carbons (Fsp3) is 0.0667. The summed E-state index contributed by atoms with van der Waals surface area (Å²) < 4.78 is 5.37. The normalized spacial score (nSPS) is 13.0. The molecule has 0 radical (unpaired) electrons. The molecule has 0 unspecified atom stereocenters. The Morgan fingerprint density at radius 3 is 2.24 bits per heavy atom. The maximum atomic E-state index is 2.67. The third kappa shape index (κ3) is 3.65. The summed E-state index contributed by atoms with van der Waals surface area (Å²) in [4.78, 5) is 4.80. The van der Waals surface area contributed by atoms with Gasteiger partial charge in [0.15, 0.2) is 0 Å². The summed E-state index contributed by atoms with van der Waals surface area (Å²) in [6.45, 7) is 2.33. The highest BCUT2D eigenvalue weighted by molar-refractivity contribution is 7.32. The molecule has 0 bridgehead atoms. The number of hydrogen-bond donors (Lipinski definition) is 0. The fourth-order valence-electron chi connectivity index (χ4n) is 8.88. The third-order valence-corrected chi connectivity index (χ3v) is 12.3. The average molecular weight is 658 g/mol. The van der Waals surface area contributed by atoms with Crippen LogP contribution in [0.5, 0.6) is 0 Å². The largest absolute Gasteiger partial charge is 0.378 e. The van der Waals surface area contributed by atoms with Crippen LogP contribution in [0, 0.1) is 6.92 Å². The van der Waals surface area contributed by atoms with Crippen molar-refractivity contribution < 1.29 is 0 Å². The van der Waals surface area contributed by atoms with E-state index in [1.165, 1.54) is 103 Å². The zero-order chi connectivity index (χ0) is 33.2. The minimum Gasteiger partial charge on any atom is -0.378 e. The summed E-state index contributed by atoms with van der Waals surface area (Å²) in [5.41, 5.74) is 15.5. The first kappa shape index (κ1) is 28.1. The van der Waals surface area contributed by atoms with Crippen molar-refractivity contribution in [3.63, 3.8) is 0 Å². The minimum absolute atomic E-state index is 0.0175. The molecule has 0 amide bonds. The summed E-state index contributed by atoms with van der Waals surface area (Å²) in [6.07, 6.45) is 0. The number of anilines is 3. The van der Waals surface area contributed by atoms with Gasteiger partial charge in [0.25, 0.3) is 0 Å². The molecule has 2 aromatic heterocycles. The van der Waals surface area contributed by atoms with E-state index in [1.54, 1.807) is 0 Å². The standard InChI is InChI=1S/C45H32BN3S/c1-27-25-36-34-15-9-10-16-38(34)49(32-21-19-31(20-22-32)47(2)3)46-41(36)44-40(27)35-23-17-29-13-7-8-14-33(29)42(35)48(44)43-37-26-30(28-11-5-4-6-12-28)18-24-39(37)50-45(43)46/h4-26H,1-3H3. The summed E-state index contributed by atoms with van der Waals surface area (Å²) in [5.74, 6) is 0. The zero-order valence-corrected chi connectivity index (χ0v) is 28.9. The van der Waals surface area contributed by atoms with Crippen molar-refractivity contribution in [2.45, 2.75) is 6.92 Å². The zero-order valence-electron chi connectivity index (χ0n) is 28.1. The van der Waals surface area contributed by atoms with Gasteiger partial charge in [0.1, 0.15) is 0 Å². The van der Waals surface area contributed by atoms with Crippen molar-refractivity contribution in [1.82, 2.24) is 4.57 Å². The lowest BCUT2D eigenvalue weighted by molar-refractivity contribution is 1.13. The summed E-state index contributed by atoms with van der Waals surface area (Å²) in [7, 11) is 4.22. The molecule has 0 aliphatic carbocycles. The number of thiophene rings is 1.